The minimum absolute atomic E-state index is 0.180. The summed E-state index contributed by atoms with van der Waals surface area (Å²) in [5, 5.41) is 0. The second-order valence-corrected chi connectivity index (χ2v) is 4.42. The SMILES string of the molecule is NCC(N)c1ccc(N2CCCCCC2)o1. The zero-order valence-corrected chi connectivity index (χ0v) is 9.69. The molecule has 1 aromatic rings. The second kappa shape index (κ2) is 5.37. The molecule has 1 atom stereocenters. The Morgan fingerprint density at radius 2 is 1.88 bits per heavy atom. The van der Waals surface area contributed by atoms with E-state index in [1.165, 1.54) is 25.7 Å². The van der Waals surface area contributed by atoms with Crippen LogP contribution in [0.2, 0.25) is 0 Å². The van der Waals surface area contributed by atoms with E-state index in [-0.39, 0.29) is 6.04 Å². The Morgan fingerprint density at radius 3 is 2.50 bits per heavy atom. The van der Waals surface area contributed by atoms with Gasteiger partial charge in [-0.15, -0.1) is 0 Å². The molecule has 0 bridgehead atoms. The summed E-state index contributed by atoms with van der Waals surface area (Å²) in [7, 11) is 0. The highest BCUT2D eigenvalue weighted by molar-refractivity contribution is 5.37. The molecule has 1 unspecified atom stereocenters. The van der Waals surface area contributed by atoms with E-state index < -0.39 is 0 Å². The van der Waals surface area contributed by atoms with Gasteiger partial charge in [-0.3, -0.25) is 0 Å². The number of rotatable bonds is 3. The van der Waals surface area contributed by atoms with Crippen LogP contribution < -0.4 is 16.4 Å². The molecule has 1 aliphatic rings. The predicted octanol–water partition coefficient (Wildman–Crippen LogP) is 1.62. The summed E-state index contributed by atoms with van der Waals surface area (Å²) in [5.74, 6) is 1.74. The largest absolute Gasteiger partial charge is 0.444 e. The fraction of sp³-hybridized carbons (Fsp3) is 0.667. The molecule has 4 N–H and O–H groups in total. The van der Waals surface area contributed by atoms with Gasteiger partial charge >= 0.3 is 0 Å². The summed E-state index contributed by atoms with van der Waals surface area (Å²) in [6, 6.07) is 3.77. The summed E-state index contributed by atoms with van der Waals surface area (Å²) >= 11 is 0. The Morgan fingerprint density at radius 1 is 1.19 bits per heavy atom. The van der Waals surface area contributed by atoms with Crippen molar-refractivity contribution in [1.29, 1.82) is 0 Å². The van der Waals surface area contributed by atoms with Crippen molar-refractivity contribution in [3.05, 3.63) is 17.9 Å². The van der Waals surface area contributed by atoms with Gasteiger partial charge in [0, 0.05) is 25.7 Å². The highest BCUT2D eigenvalue weighted by Crippen LogP contribution is 2.24. The van der Waals surface area contributed by atoms with Gasteiger partial charge < -0.3 is 20.8 Å². The summed E-state index contributed by atoms with van der Waals surface area (Å²) < 4.78 is 5.75. The van der Waals surface area contributed by atoms with Crippen LogP contribution in [0.5, 0.6) is 0 Å². The van der Waals surface area contributed by atoms with Crippen LogP contribution in [-0.4, -0.2) is 19.6 Å². The van der Waals surface area contributed by atoms with Gasteiger partial charge in [0.2, 0.25) is 0 Å². The molecular weight excluding hydrogens is 202 g/mol. The highest BCUT2D eigenvalue weighted by Gasteiger charge is 2.15. The molecule has 0 amide bonds. The van der Waals surface area contributed by atoms with Gasteiger partial charge in [-0.05, 0) is 18.9 Å². The first kappa shape index (κ1) is 11.5. The van der Waals surface area contributed by atoms with E-state index in [1.807, 2.05) is 12.1 Å². The lowest BCUT2D eigenvalue weighted by Crippen LogP contribution is -2.23. The Balaban J connectivity index is 2.05. The lowest BCUT2D eigenvalue weighted by molar-refractivity contribution is 0.462. The molecule has 0 spiro atoms. The van der Waals surface area contributed by atoms with E-state index in [0.29, 0.717) is 6.54 Å². The number of anilines is 1. The van der Waals surface area contributed by atoms with Crippen LogP contribution in [0, 0.1) is 0 Å². The van der Waals surface area contributed by atoms with Gasteiger partial charge in [-0.1, -0.05) is 12.8 Å². The molecule has 1 fully saturated rings. The van der Waals surface area contributed by atoms with E-state index >= 15 is 0 Å². The first-order valence-corrected chi connectivity index (χ1v) is 6.11. The average molecular weight is 223 g/mol. The van der Waals surface area contributed by atoms with Crippen LogP contribution in [0.1, 0.15) is 37.5 Å². The highest BCUT2D eigenvalue weighted by atomic mass is 16.4. The maximum absolute atomic E-state index is 5.83. The Kier molecular flexibility index (Phi) is 3.85. The monoisotopic (exact) mass is 223 g/mol. The van der Waals surface area contributed by atoms with Crippen LogP contribution in [0.15, 0.2) is 16.5 Å². The first-order chi connectivity index (χ1) is 7.81. The van der Waals surface area contributed by atoms with Crippen molar-refractivity contribution in [3.8, 4) is 0 Å². The number of nitrogens with zero attached hydrogens (tertiary/aromatic N) is 1. The van der Waals surface area contributed by atoms with Crippen molar-refractivity contribution in [2.45, 2.75) is 31.7 Å². The fourth-order valence-corrected chi connectivity index (χ4v) is 2.12. The minimum Gasteiger partial charge on any atom is -0.444 e. The summed E-state index contributed by atoms with van der Waals surface area (Å²) in [6.07, 6.45) is 5.15. The zero-order valence-electron chi connectivity index (χ0n) is 9.69. The van der Waals surface area contributed by atoms with Crippen LogP contribution in [0.25, 0.3) is 0 Å². The first-order valence-electron chi connectivity index (χ1n) is 6.11. The lowest BCUT2D eigenvalue weighted by Gasteiger charge is -2.19. The second-order valence-electron chi connectivity index (χ2n) is 4.42. The number of hydrogen-bond donors (Lipinski definition) is 2. The normalized spacial score (nSPS) is 19.5. The molecule has 1 aliphatic heterocycles. The molecule has 2 rings (SSSR count). The van der Waals surface area contributed by atoms with Crippen molar-refractivity contribution >= 4 is 5.88 Å². The molecule has 0 saturated carbocycles. The number of furan rings is 1. The third-order valence-electron chi connectivity index (χ3n) is 3.15. The van der Waals surface area contributed by atoms with E-state index in [9.17, 15) is 0 Å². The average Bonchev–Trinajstić information content (AvgIpc) is 2.64. The van der Waals surface area contributed by atoms with E-state index in [4.69, 9.17) is 15.9 Å². The molecule has 4 nitrogen and oxygen atoms in total. The predicted molar refractivity (Wildman–Crippen MR) is 65.4 cm³/mol. The molecule has 90 valence electrons. The maximum Gasteiger partial charge on any atom is 0.195 e. The molecule has 1 saturated heterocycles. The molecule has 1 aromatic heterocycles. The van der Waals surface area contributed by atoms with Crippen LogP contribution in [0.3, 0.4) is 0 Å². The van der Waals surface area contributed by atoms with Crippen molar-refractivity contribution in [3.63, 3.8) is 0 Å². The van der Waals surface area contributed by atoms with Crippen molar-refractivity contribution in [2.24, 2.45) is 11.5 Å². The van der Waals surface area contributed by atoms with Crippen molar-refractivity contribution in [1.82, 2.24) is 0 Å². The van der Waals surface area contributed by atoms with Crippen molar-refractivity contribution in [2.75, 3.05) is 24.5 Å². The van der Waals surface area contributed by atoms with E-state index in [1.54, 1.807) is 0 Å². The maximum atomic E-state index is 5.83. The van der Waals surface area contributed by atoms with Gasteiger partial charge in [0.15, 0.2) is 5.88 Å². The smallest absolute Gasteiger partial charge is 0.195 e. The Labute approximate surface area is 96.6 Å². The molecule has 0 radical (unpaired) electrons. The van der Waals surface area contributed by atoms with Gasteiger partial charge in [0.1, 0.15) is 5.76 Å². The van der Waals surface area contributed by atoms with Crippen LogP contribution in [-0.2, 0) is 0 Å². The van der Waals surface area contributed by atoms with Crippen molar-refractivity contribution < 1.29 is 4.42 Å². The lowest BCUT2D eigenvalue weighted by atomic mass is 10.2. The van der Waals surface area contributed by atoms with Gasteiger partial charge in [-0.2, -0.15) is 0 Å². The Bertz CT molecular complexity index is 316. The number of nitrogens with two attached hydrogens (primary N) is 2. The molecule has 0 aliphatic carbocycles. The molecule has 2 heterocycles. The molecular formula is C12H21N3O. The fourth-order valence-electron chi connectivity index (χ4n) is 2.12. The van der Waals surface area contributed by atoms with E-state index in [0.717, 1.165) is 24.7 Å². The third kappa shape index (κ3) is 2.57. The summed E-state index contributed by atoms with van der Waals surface area (Å²) in [6.45, 7) is 2.60. The molecule has 4 heteroatoms. The van der Waals surface area contributed by atoms with Crippen LogP contribution >= 0.6 is 0 Å². The van der Waals surface area contributed by atoms with Crippen LogP contribution in [0.4, 0.5) is 5.88 Å². The van der Waals surface area contributed by atoms with E-state index in [2.05, 4.69) is 4.90 Å². The zero-order chi connectivity index (χ0) is 11.4. The van der Waals surface area contributed by atoms with Gasteiger partial charge in [0.05, 0.1) is 6.04 Å². The summed E-state index contributed by atoms with van der Waals surface area (Å²) in [4.78, 5) is 2.31. The quantitative estimate of drug-likeness (QED) is 0.817. The topological polar surface area (TPSA) is 68.4 Å². The van der Waals surface area contributed by atoms with Gasteiger partial charge in [-0.25, -0.2) is 0 Å². The van der Waals surface area contributed by atoms with Gasteiger partial charge in [0.25, 0.3) is 0 Å². The Hall–Kier alpha value is -1.00. The third-order valence-corrected chi connectivity index (χ3v) is 3.15. The summed E-state index contributed by atoms with van der Waals surface area (Å²) in [5.41, 5.74) is 11.3. The molecule has 0 aromatic carbocycles. The standard InChI is InChI=1S/C12H21N3O/c13-9-10(14)11-5-6-12(16-11)15-7-3-1-2-4-8-15/h5-6,10H,1-4,7-9,13-14H2. The minimum atomic E-state index is -0.180. The molecule has 16 heavy (non-hydrogen) atoms. The number of hydrogen-bond acceptors (Lipinski definition) is 4.